The van der Waals surface area contributed by atoms with E-state index in [1.165, 1.54) is 5.56 Å². The van der Waals surface area contributed by atoms with Crippen LogP contribution in [-0.4, -0.2) is 35.4 Å². The molecule has 4 nitrogen and oxygen atoms in total. The molecule has 2 N–H and O–H groups in total. The molecule has 0 saturated carbocycles. The molecular weight excluding hydrogens is 365 g/mol. The molecule has 3 rings (SSSR count). The molecule has 1 aromatic heterocycles. The molecule has 1 saturated heterocycles. The standard InChI is InChI=1S/C17H21N3OS.2ClH/c1-12-2-4-14(5-3-12)17-19-15(11-22-17)8-16(21)20-7-6-13(9-18)10-20;;/h2-5,11,13H,6-10,18H2,1H3;2*1H. The van der Waals surface area contributed by atoms with E-state index in [2.05, 4.69) is 36.2 Å². The van der Waals surface area contributed by atoms with E-state index < -0.39 is 0 Å². The number of likely N-dealkylation sites (tertiary alicyclic amines) is 1. The van der Waals surface area contributed by atoms with Crippen LogP contribution in [-0.2, 0) is 11.2 Å². The monoisotopic (exact) mass is 387 g/mol. The van der Waals surface area contributed by atoms with Crippen LogP contribution < -0.4 is 5.73 Å². The molecular formula is C17H23Cl2N3OS. The lowest BCUT2D eigenvalue weighted by Gasteiger charge is -2.15. The van der Waals surface area contributed by atoms with Gasteiger partial charge < -0.3 is 10.6 Å². The molecule has 0 bridgehead atoms. The number of aryl methyl sites for hydroxylation is 1. The third-order valence-corrected chi connectivity index (χ3v) is 5.09. The van der Waals surface area contributed by atoms with Gasteiger partial charge in [-0.15, -0.1) is 36.2 Å². The lowest BCUT2D eigenvalue weighted by molar-refractivity contribution is -0.129. The van der Waals surface area contributed by atoms with Gasteiger partial charge in [0, 0.05) is 24.0 Å². The van der Waals surface area contributed by atoms with Gasteiger partial charge in [-0.3, -0.25) is 4.79 Å². The first-order chi connectivity index (χ1) is 10.7. The highest BCUT2D eigenvalue weighted by molar-refractivity contribution is 7.13. The van der Waals surface area contributed by atoms with E-state index in [4.69, 9.17) is 5.73 Å². The van der Waals surface area contributed by atoms with Crippen molar-refractivity contribution in [1.82, 2.24) is 9.88 Å². The smallest absolute Gasteiger partial charge is 0.228 e. The van der Waals surface area contributed by atoms with Crippen LogP contribution in [0.25, 0.3) is 10.6 Å². The first-order valence-electron chi connectivity index (χ1n) is 7.65. The number of benzene rings is 1. The number of halogens is 2. The summed E-state index contributed by atoms with van der Waals surface area (Å²) < 4.78 is 0. The number of nitrogens with two attached hydrogens (primary N) is 1. The first kappa shape index (κ1) is 20.9. The van der Waals surface area contributed by atoms with Crippen LogP contribution in [0.5, 0.6) is 0 Å². The van der Waals surface area contributed by atoms with Crippen molar-refractivity contribution >= 4 is 42.1 Å². The van der Waals surface area contributed by atoms with E-state index in [1.807, 2.05) is 10.3 Å². The van der Waals surface area contributed by atoms with Gasteiger partial charge in [0.1, 0.15) is 5.01 Å². The highest BCUT2D eigenvalue weighted by atomic mass is 35.5. The predicted octanol–water partition coefficient (Wildman–Crippen LogP) is 3.31. The van der Waals surface area contributed by atoms with Crippen molar-refractivity contribution in [2.24, 2.45) is 11.7 Å². The zero-order valence-electron chi connectivity index (χ0n) is 13.6. The fourth-order valence-corrected chi connectivity index (χ4v) is 3.56. The highest BCUT2D eigenvalue weighted by Gasteiger charge is 2.25. The summed E-state index contributed by atoms with van der Waals surface area (Å²) >= 11 is 1.60. The average molecular weight is 388 g/mol. The van der Waals surface area contributed by atoms with Crippen LogP contribution in [0.1, 0.15) is 17.7 Å². The molecule has 2 heterocycles. The van der Waals surface area contributed by atoms with Gasteiger partial charge in [-0.2, -0.15) is 0 Å². The normalized spacial score (nSPS) is 16.4. The van der Waals surface area contributed by atoms with Crippen LogP contribution in [0, 0.1) is 12.8 Å². The fourth-order valence-electron chi connectivity index (χ4n) is 2.74. The minimum absolute atomic E-state index is 0. The number of amides is 1. The second-order valence-electron chi connectivity index (χ2n) is 5.92. The molecule has 7 heteroatoms. The van der Waals surface area contributed by atoms with Gasteiger partial charge in [0.15, 0.2) is 0 Å². The first-order valence-corrected chi connectivity index (χ1v) is 8.53. The second kappa shape index (κ2) is 9.37. The Morgan fingerprint density at radius 3 is 2.67 bits per heavy atom. The number of carbonyl (C=O) groups excluding carboxylic acids is 1. The summed E-state index contributed by atoms with van der Waals surface area (Å²) in [6, 6.07) is 8.32. The summed E-state index contributed by atoms with van der Waals surface area (Å²) in [5, 5.41) is 2.97. The Morgan fingerprint density at radius 2 is 2.04 bits per heavy atom. The Hall–Kier alpha value is -1.14. The van der Waals surface area contributed by atoms with Crippen molar-refractivity contribution in [2.45, 2.75) is 19.8 Å². The molecule has 1 aromatic carbocycles. The molecule has 0 spiro atoms. The third kappa shape index (κ3) is 4.93. The summed E-state index contributed by atoms with van der Waals surface area (Å²) in [5.74, 6) is 0.624. The van der Waals surface area contributed by atoms with Gasteiger partial charge in [-0.1, -0.05) is 29.8 Å². The number of aromatic nitrogens is 1. The number of rotatable bonds is 4. The van der Waals surface area contributed by atoms with Crippen LogP contribution >= 0.6 is 36.2 Å². The largest absolute Gasteiger partial charge is 0.342 e. The quantitative estimate of drug-likeness (QED) is 0.874. The van der Waals surface area contributed by atoms with E-state index in [1.54, 1.807) is 11.3 Å². The van der Waals surface area contributed by atoms with Gasteiger partial charge in [0.2, 0.25) is 5.91 Å². The molecule has 1 aliphatic heterocycles. The molecule has 1 atom stereocenters. The van der Waals surface area contributed by atoms with Crippen molar-refractivity contribution < 1.29 is 4.79 Å². The second-order valence-corrected chi connectivity index (χ2v) is 6.78. The van der Waals surface area contributed by atoms with E-state index in [-0.39, 0.29) is 30.7 Å². The molecule has 1 aliphatic rings. The van der Waals surface area contributed by atoms with Crippen LogP contribution in [0.15, 0.2) is 29.6 Å². The number of nitrogens with zero attached hydrogens (tertiary/aromatic N) is 2. The average Bonchev–Trinajstić information content (AvgIpc) is 3.17. The summed E-state index contributed by atoms with van der Waals surface area (Å²) in [7, 11) is 0. The Morgan fingerprint density at radius 1 is 1.33 bits per heavy atom. The molecule has 1 unspecified atom stereocenters. The Labute approximate surface area is 159 Å². The van der Waals surface area contributed by atoms with Crippen molar-refractivity contribution in [2.75, 3.05) is 19.6 Å². The van der Waals surface area contributed by atoms with Gasteiger partial charge in [-0.05, 0) is 25.8 Å². The lowest BCUT2D eigenvalue weighted by atomic mass is 10.1. The Kier molecular flexibility index (Phi) is 8.16. The highest BCUT2D eigenvalue weighted by Crippen LogP contribution is 2.25. The maximum absolute atomic E-state index is 12.3. The van der Waals surface area contributed by atoms with Gasteiger partial charge in [-0.25, -0.2) is 4.98 Å². The van der Waals surface area contributed by atoms with E-state index in [0.29, 0.717) is 18.9 Å². The Bertz CT molecular complexity index is 660. The molecule has 24 heavy (non-hydrogen) atoms. The zero-order valence-corrected chi connectivity index (χ0v) is 16.1. The number of carbonyl (C=O) groups is 1. The minimum atomic E-state index is 0. The maximum atomic E-state index is 12.3. The van der Waals surface area contributed by atoms with Crippen LogP contribution in [0.4, 0.5) is 0 Å². The van der Waals surface area contributed by atoms with Crippen LogP contribution in [0.3, 0.4) is 0 Å². The molecule has 2 aromatic rings. The van der Waals surface area contributed by atoms with Gasteiger partial charge in [0.05, 0.1) is 12.1 Å². The van der Waals surface area contributed by atoms with Crippen molar-refractivity contribution in [3.8, 4) is 10.6 Å². The van der Waals surface area contributed by atoms with Crippen molar-refractivity contribution in [3.05, 3.63) is 40.9 Å². The van der Waals surface area contributed by atoms with Crippen LogP contribution in [0.2, 0.25) is 0 Å². The zero-order chi connectivity index (χ0) is 15.5. The Balaban J connectivity index is 0.00000144. The van der Waals surface area contributed by atoms with E-state index in [0.717, 1.165) is 35.8 Å². The molecule has 132 valence electrons. The van der Waals surface area contributed by atoms with Crippen molar-refractivity contribution in [3.63, 3.8) is 0 Å². The SMILES string of the molecule is Cc1ccc(-c2nc(CC(=O)N3CCC(CN)C3)cs2)cc1.Cl.Cl. The predicted molar refractivity (Wildman–Crippen MR) is 104 cm³/mol. The summed E-state index contributed by atoms with van der Waals surface area (Å²) in [6.07, 6.45) is 1.41. The third-order valence-electron chi connectivity index (χ3n) is 4.15. The van der Waals surface area contributed by atoms with E-state index >= 15 is 0 Å². The van der Waals surface area contributed by atoms with Gasteiger partial charge >= 0.3 is 0 Å². The lowest BCUT2D eigenvalue weighted by Crippen LogP contribution is -2.31. The molecule has 1 fully saturated rings. The van der Waals surface area contributed by atoms with Gasteiger partial charge in [0.25, 0.3) is 0 Å². The number of thiazole rings is 1. The number of hydrogen-bond acceptors (Lipinski definition) is 4. The molecule has 0 radical (unpaired) electrons. The topological polar surface area (TPSA) is 59.2 Å². The minimum Gasteiger partial charge on any atom is -0.342 e. The van der Waals surface area contributed by atoms with Crippen molar-refractivity contribution in [1.29, 1.82) is 0 Å². The maximum Gasteiger partial charge on any atom is 0.228 e. The number of hydrogen-bond donors (Lipinski definition) is 1. The summed E-state index contributed by atoms with van der Waals surface area (Å²) in [5.41, 5.74) is 8.89. The molecule has 1 amide bonds. The van der Waals surface area contributed by atoms with E-state index in [9.17, 15) is 4.79 Å². The summed E-state index contributed by atoms with van der Waals surface area (Å²) in [6.45, 7) is 4.36. The summed E-state index contributed by atoms with van der Waals surface area (Å²) in [4.78, 5) is 18.8. The molecule has 0 aliphatic carbocycles. The fraction of sp³-hybridized carbons (Fsp3) is 0.412.